The lowest BCUT2D eigenvalue weighted by molar-refractivity contribution is 0.431. The second kappa shape index (κ2) is 6.39. The zero-order valence-corrected chi connectivity index (χ0v) is 13.9. The third-order valence-corrected chi connectivity index (χ3v) is 5.09. The highest BCUT2D eigenvalue weighted by Crippen LogP contribution is 2.34. The predicted molar refractivity (Wildman–Crippen MR) is 90.2 cm³/mol. The molecule has 0 bridgehead atoms. The molecule has 21 heavy (non-hydrogen) atoms. The predicted octanol–water partition coefficient (Wildman–Crippen LogP) is 5.27. The summed E-state index contributed by atoms with van der Waals surface area (Å²) < 4.78 is 2.50. The molecule has 0 saturated heterocycles. The van der Waals surface area contributed by atoms with Crippen molar-refractivity contribution in [2.45, 2.75) is 58.4 Å². The van der Waals surface area contributed by atoms with Crippen LogP contribution >= 0.6 is 11.6 Å². The minimum atomic E-state index is 0.597. The van der Waals surface area contributed by atoms with Gasteiger partial charge >= 0.3 is 0 Å². The first-order valence-electron chi connectivity index (χ1n) is 8.23. The Kier molecular flexibility index (Phi) is 4.54. The van der Waals surface area contributed by atoms with Gasteiger partial charge in [-0.3, -0.25) is 0 Å². The van der Waals surface area contributed by atoms with Crippen LogP contribution in [0.1, 0.15) is 56.5 Å². The minimum Gasteiger partial charge on any atom is -0.325 e. The third kappa shape index (κ3) is 2.96. The number of alkyl halides is 1. The molecule has 2 atom stereocenters. The van der Waals surface area contributed by atoms with Crippen LogP contribution in [0.15, 0.2) is 18.2 Å². The molecule has 2 aromatic rings. The van der Waals surface area contributed by atoms with Gasteiger partial charge in [-0.15, -0.1) is 11.6 Å². The summed E-state index contributed by atoms with van der Waals surface area (Å²) in [7, 11) is 0. The summed E-state index contributed by atoms with van der Waals surface area (Å²) >= 11 is 6.02. The molecule has 0 amide bonds. The molecule has 1 aromatic carbocycles. The Balaban J connectivity index is 2.06. The summed E-state index contributed by atoms with van der Waals surface area (Å²) in [6, 6.07) is 7.13. The van der Waals surface area contributed by atoms with Crippen LogP contribution in [0, 0.1) is 12.8 Å². The summed E-state index contributed by atoms with van der Waals surface area (Å²) in [5.74, 6) is 2.68. The largest absolute Gasteiger partial charge is 0.325 e. The lowest BCUT2D eigenvalue weighted by atomic mass is 10.0. The van der Waals surface area contributed by atoms with E-state index >= 15 is 0 Å². The Labute approximate surface area is 132 Å². The Hall–Kier alpha value is -1.02. The maximum Gasteiger partial charge on any atom is 0.111 e. The van der Waals surface area contributed by atoms with Gasteiger partial charge in [0.1, 0.15) is 5.82 Å². The highest BCUT2D eigenvalue weighted by atomic mass is 35.5. The van der Waals surface area contributed by atoms with Gasteiger partial charge in [-0.25, -0.2) is 4.98 Å². The number of aryl methyl sites for hydroxylation is 2. The fourth-order valence-corrected chi connectivity index (χ4v) is 3.87. The second-order valence-corrected chi connectivity index (χ2v) is 6.92. The van der Waals surface area contributed by atoms with Crippen molar-refractivity contribution in [3.8, 4) is 0 Å². The second-order valence-electron chi connectivity index (χ2n) is 6.55. The zero-order chi connectivity index (χ0) is 14.8. The summed E-state index contributed by atoms with van der Waals surface area (Å²) in [5.41, 5.74) is 3.73. The van der Waals surface area contributed by atoms with Crippen molar-refractivity contribution in [3.63, 3.8) is 0 Å². The van der Waals surface area contributed by atoms with Crippen LogP contribution in [-0.2, 0) is 6.42 Å². The molecule has 2 nitrogen and oxygen atoms in total. The van der Waals surface area contributed by atoms with E-state index in [1.165, 1.54) is 49.0 Å². The highest BCUT2D eigenvalue weighted by Gasteiger charge is 2.22. The van der Waals surface area contributed by atoms with Gasteiger partial charge < -0.3 is 4.57 Å². The molecular weight excluding hydrogens is 280 g/mol. The number of halogens is 1. The smallest absolute Gasteiger partial charge is 0.111 e. The van der Waals surface area contributed by atoms with Crippen LogP contribution in [0.5, 0.6) is 0 Å². The molecule has 114 valence electrons. The van der Waals surface area contributed by atoms with Crippen LogP contribution in [0.4, 0.5) is 0 Å². The number of hydrogen-bond acceptors (Lipinski definition) is 1. The van der Waals surface area contributed by atoms with Crippen LogP contribution in [-0.4, -0.2) is 15.4 Å². The van der Waals surface area contributed by atoms with E-state index in [2.05, 4.69) is 36.6 Å². The van der Waals surface area contributed by atoms with Crippen LogP contribution in [0.25, 0.3) is 11.0 Å². The van der Waals surface area contributed by atoms with E-state index in [9.17, 15) is 0 Å². The Morgan fingerprint density at radius 3 is 2.90 bits per heavy atom. The van der Waals surface area contributed by atoms with E-state index < -0.39 is 0 Å². The normalized spacial score (nSPS) is 23.4. The van der Waals surface area contributed by atoms with Gasteiger partial charge in [0.2, 0.25) is 0 Å². The van der Waals surface area contributed by atoms with Crippen molar-refractivity contribution < 1.29 is 0 Å². The van der Waals surface area contributed by atoms with Gasteiger partial charge in [0.15, 0.2) is 0 Å². The molecule has 1 heterocycles. The van der Waals surface area contributed by atoms with Gasteiger partial charge in [-0.2, -0.15) is 0 Å². The van der Waals surface area contributed by atoms with E-state index in [0.29, 0.717) is 11.9 Å². The quantitative estimate of drug-likeness (QED) is 0.558. The van der Waals surface area contributed by atoms with E-state index in [-0.39, 0.29) is 0 Å². The first-order valence-corrected chi connectivity index (χ1v) is 8.76. The summed E-state index contributed by atoms with van der Waals surface area (Å²) in [6.07, 6.45) is 7.44. The molecule has 0 spiro atoms. The molecular formula is C18H25ClN2. The molecule has 1 saturated carbocycles. The van der Waals surface area contributed by atoms with Gasteiger partial charge in [0.05, 0.1) is 11.0 Å². The number of aromatic nitrogens is 2. The maximum absolute atomic E-state index is 6.02. The fourth-order valence-electron chi connectivity index (χ4n) is 3.70. The Bertz CT molecular complexity index is 617. The summed E-state index contributed by atoms with van der Waals surface area (Å²) in [4.78, 5) is 4.91. The molecule has 1 fully saturated rings. The highest BCUT2D eigenvalue weighted by molar-refractivity contribution is 6.17. The van der Waals surface area contributed by atoms with Gasteiger partial charge in [0.25, 0.3) is 0 Å². The van der Waals surface area contributed by atoms with Gasteiger partial charge in [-0.1, -0.05) is 31.9 Å². The van der Waals surface area contributed by atoms with Crippen LogP contribution in [0.3, 0.4) is 0 Å². The average molecular weight is 305 g/mol. The third-order valence-electron chi connectivity index (χ3n) is 4.91. The average Bonchev–Trinajstić information content (AvgIpc) is 2.69. The van der Waals surface area contributed by atoms with Crippen molar-refractivity contribution in [2.24, 2.45) is 5.92 Å². The van der Waals surface area contributed by atoms with E-state index in [0.717, 1.165) is 17.9 Å². The maximum atomic E-state index is 6.02. The lowest BCUT2D eigenvalue weighted by Crippen LogP contribution is -2.12. The lowest BCUT2D eigenvalue weighted by Gasteiger charge is -2.20. The standard InChI is InChI=1S/C18H25ClN2/c1-13-5-3-7-15(10-9-13)21-16-8-4-6-14(2)18(16)20-17(21)11-12-19/h4,6,8,13,15H,3,5,7,9-12H2,1-2H3. The van der Waals surface area contributed by atoms with Crippen molar-refractivity contribution in [1.82, 2.24) is 9.55 Å². The number of imidazole rings is 1. The molecule has 2 unspecified atom stereocenters. The Morgan fingerprint density at radius 2 is 2.10 bits per heavy atom. The van der Waals surface area contributed by atoms with E-state index in [1.54, 1.807) is 0 Å². The number of fused-ring (bicyclic) bond motifs is 1. The number of benzene rings is 1. The molecule has 1 aliphatic carbocycles. The van der Waals surface area contributed by atoms with Crippen molar-refractivity contribution in [1.29, 1.82) is 0 Å². The van der Waals surface area contributed by atoms with Crippen molar-refractivity contribution in [3.05, 3.63) is 29.6 Å². The fraction of sp³-hybridized carbons (Fsp3) is 0.611. The van der Waals surface area contributed by atoms with Crippen LogP contribution in [0.2, 0.25) is 0 Å². The molecule has 0 N–H and O–H groups in total. The van der Waals surface area contributed by atoms with Gasteiger partial charge in [-0.05, 0) is 43.7 Å². The SMILES string of the molecule is Cc1cccc2c1nc(CCCl)n2C1CCCC(C)CC1. The molecule has 1 aromatic heterocycles. The van der Waals surface area contributed by atoms with Crippen molar-refractivity contribution in [2.75, 3.05) is 5.88 Å². The van der Waals surface area contributed by atoms with E-state index in [4.69, 9.17) is 16.6 Å². The molecule has 0 radical (unpaired) electrons. The van der Waals surface area contributed by atoms with Crippen LogP contribution < -0.4 is 0 Å². The summed E-state index contributed by atoms with van der Waals surface area (Å²) in [5, 5.41) is 0. The van der Waals surface area contributed by atoms with Gasteiger partial charge in [0, 0.05) is 18.3 Å². The van der Waals surface area contributed by atoms with Crippen molar-refractivity contribution >= 4 is 22.6 Å². The number of rotatable bonds is 3. The first kappa shape index (κ1) is 14.9. The summed E-state index contributed by atoms with van der Waals surface area (Å²) in [6.45, 7) is 4.54. The molecule has 1 aliphatic rings. The molecule has 3 rings (SSSR count). The molecule has 3 heteroatoms. The Morgan fingerprint density at radius 1 is 1.24 bits per heavy atom. The minimum absolute atomic E-state index is 0.597. The zero-order valence-electron chi connectivity index (χ0n) is 13.1. The number of nitrogens with zero attached hydrogens (tertiary/aromatic N) is 2. The number of para-hydroxylation sites is 1. The number of hydrogen-bond donors (Lipinski definition) is 0. The molecule has 0 aliphatic heterocycles. The monoisotopic (exact) mass is 304 g/mol. The topological polar surface area (TPSA) is 17.8 Å². The first-order chi connectivity index (χ1) is 10.2. The van der Waals surface area contributed by atoms with E-state index in [1.807, 2.05) is 0 Å².